The van der Waals surface area contributed by atoms with E-state index in [2.05, 4.69) is 27.3 Å². The Bertz CT molecular complexity index is 1090. The van der Waals surface area contributed by atoms with Crippen molar-refractivity contribution < 1.29 is 14.3 Å². The molecule has 3 aromatic heterocycles. The molecule has 0 aliphatic rings. The first kappa shape index (κ1) is 22.9. The average molecular weight is 437 g/mol. The lowest BCUT2D eigenvalue weighted by Gasteiger charge is -2.19. The minimum Gasteiger partial charge on any atom is -0.444 e. The SMILES string of the molecule is CCCCc1c(C(N)=O)nn(-c2cccnc2)c1-c1ccc(NC(=O)OC(C)(C)C)cn1. The minimum atomic E-state index is -0.604. The fourth-order valence-electron chi connectivity index (χ4n) is 3.20. The maximum Gasteiger partial charge on any atom is 0.412 e. The van der Waals surface area contributed by atoms with Gasteiger partial charge in [-0.15, -0.1) is 0 Å². The highest BCUT2D eigenvalue weighted by Gasteiger charge is 2.24. The minimum absolute atomic E-state index is 0.218. The largest absolute Gasteiger partial charge is 0.444 e. The van der Waals surface area contributed by atoms with Crippen molar-refractivity contribution in [3.05, 3.63) is 54.1 Å². The lowest BCUT2D eigenvalue weighted by Crippen LogP contribution is -2.27. The van der Waals surface area contributed by atoms with Crippen LogP contribution in [0.5, 0.6) is 0 Å². The highest BCUT2D eigenvalue weighted by Crippen LogP contribution is 2.30. The Morgan fingerprint density at radius 1 is 1.19 bits per heavy atom. The normalized spacial score (nSPS) is 11.2. The summed E-state index contributed by atoms with van der Waals surface area (Å²) in [6.07, 6.45) is 6.73. The topological polar surface area (TPSA) is 125 Å². The molecule has 9 heteroatoms. The fourth-order valence-corrected chi connectivity index (χ4v) is 3.20. The first-order valence-corrected chi connectivity index (χ1v) is 10.5. The monoisotopic (exact) mass is 436 g/mol. The third-order valence-electron chi connectivity index (χ3n) is 4.54. The van der Waals surface area contributed by atoms with Gasteiger partial charge in [-0.25, -0.2) is 9.48 Å². The van der Waals surface area contributed by atoms with Crippen LogP contribution >= 0.6 is 0 Å². The number of hydrogen-bond acceptors (Lipinski definition) is 6. The zero-order valence-corrected chi connectivity index (χ0v) is 18.8. The Hall–Kier alpha value is -3.75. The Morgan fingerprint density at radius 3 is 2.53 bits per heavy atom. The van der Waals surface area contributed by atoms with Crippen LogP contribution in [0.15, 0.2) is 42.9 Å². The number of pyridine rings is 2. The highest BCUT2D eigenvalue weighted by molar-refractivity contribution is 5.94. The number of rotatable bonds is 7. The molecule has 168 valence electrons. The maximum atomic E-state index is 12.2. The quantitative estimate of drug-likeness (QED) is 0.574. The number of unbranched alkanes of at least 4 members (excludes halogenated alkanes) is 1. The van der Waals surface area contributed by atoms with Crippen LogP contribution in [0.25, 0.3) is 17.1 Å². The van der Waals surface area contributed by atoms with Crippen molar-refractivity contribution in [2.24, 2.45) is 5.73 Å². The van der Waals surface area contributed by atoms with Gasteiger partial charge in [0.25, 0.3) is 5.91 Å². The van der Waals surface area contributed by atoms with Crippen LogP contribution in [0.4, 0.5) is 10.5 Å². The summed E-state index contributed by atoms with van der Waals surface area (Å²) >= 11 is 0. The summed E-state index contributed by atoms with van der Waals surface area (Å²) in [5, 5.41) is 7.16. The molecular weight excluding hydrogens is 408 g/mol. The van der Waals surface area contributed by atoms with Crippen LogP contribution in [0.1, 0.15) is 56.6 Å². The maximum absolute atomic E-state index is 12.2. The van der Waals surface area contributed by atoms with E-state index >= 15 is 0 Å². The van der Waals surface area contributed by atoms with Gasteiger partial charge in [0, 0.05) is 11.8 Å². The van der Waals surface area contributed by atoms with Crippen molar-refractivity contribution in [1.82, 2.24) is 19.7 Å². The second-order valence-electron chi connectivity index (χ2n) is 8.33. The van der Waals surface area contributed by atoms with Crippen molar-refractivity contribution in [2.45, 2.75) is 52.6 Å². The lowest BCUT2D eigenvalue weighted by molar-refractivity contribution is 0.0635. The third kappa shape index (κ3) is 5.48. The van der Waals surface area contributed by atoms with Crippen molar-refractivity contribution in [2.75, 3.05) is 5.32 Å². The van der Waals surface area contributed by atoms with Gasteiger partial charge in [-0.3, -0.25) is 20.1 Å². The molecule has 0 atom stereocenters. The van der Waals surface area contributed by atoms with Crippen LogP contribution in [0, 0.1) is 0 Å². The van der Waals surface area contributed by atoms with Gasteiger partial charge in [0.1, 0.15) is 5.60 Å². The molecule has 0 saturated heterocycles. The van der Waals surface area contributed by atoms with Gasteiger partial charge >= 0.3 is 6.09 Å². The molecule has 3 N–H and O–H groups in total. The Balaban J connectivity index is 2.03. The number of aromatic nitrogens is 4. The van der Waals surface area contributed by atoms with E-state index < -0.39 is 17.6 Å². The summed E-state index contributed by atoms with van der Waals surface area (Å²) < 4.78 is 6.92. The molecule has 0 aliphatic heterocycles. The van der Waals surface area contributed by atoms with E-state index in [4.69, 9.17) is 10.5 Å². The van der Waals surface area contributed by atoms with E-state index in [9.17, 15) is 9.59 Å². The molecule has 0 fully saturated rings. The summed E-state index contributed by atoms with van der Waals surface area (Å²) in [7, 11) is 0. The van der Waals surface area contributed by atoms with Crippen LogP contribution in [0.2, 0.25) is 0 Å². The number of hydrogen-bond donors (Lipinski definition) is 2. The summed E-state index contributed by atoms with van der Waals surface area (Å²) in [5.74, 6) is -0.594. The molecule has 3 rings (SSSR count). The van der Waals surface area contributed by atoms with E-state index in [1.807, 2.05) is 6.07 Å². The number of nitrogens with zero attached hydrogens (tertiary/aromatic N) is 4. The molecule has 0 radical (unpaired) electrons. The van der Waals surface area contributed by atoms with Crippen LogP contribution in [0.3, 0.4) is 0 Å². The molecule has 2 amide bonds. The van der Waals surface area contributed by atoms with E-state index in [-0.39, 0.29) is 5.69 Å². The molecule has 0 bridgehead atoms. The molecule has 0 unspecified atom stereocenters. The number of nitrogens with one attached hydrogen (secondary N) is 1. The van der Waals surface area contributed by atoms with Gasteiger partial charge in [-0.1, -0.05) is 13.3 Å². The Morgan fingerprint density at radius 2 is 1.97 bits per heavy atom. The molecule has 0 aliphatic carbocycles. The number of anilines is 1. The average Bonchev–Trinajstić information content (AvgIpc) is 3.12. The van der Waals surface area contributed by atoms with Gasteiger partial charge in [0.2, 0.25) is 0 Å². The molecule has 0 spiro atoms. The summed E-state index contributed by atoms with van der Waals surface area (Å²) in [6, 6.07) is 7.12. The number of carbonyl (C=O) groups excluding carboxylic acids is 2. The number of amides is 2. The molecular formula is C23H28N6O3. The molecule has 9 nitrogen and oxygen atoms in total. The van der Waals surface area contributed by atoms with Crippen molar-refractivity contribution >= 4 is 17.7 Å². The fraction of sp³-hybridized carbons (Fsp3) is 0.348. The number of primary amides is 1. The van der Waals surface area contributed by atoms with Crippen LogP contribution in [-0.2, 0) is 11.2 Å². The number of nitrogens with two attached hydrogens (primary N) is 1. The lowest BCUT2D eigenvalue weighted by atomic mass is 10.0. The summed E-state index contributed by atoms with van der Waals surface area (Å²) in [6.45, 7) is 7.45. The second-order valence-corrected chi connectivity index (χ2v) is 8.33. The second kappa shape index (κ2) is 9.59. The molecule has 3 aromatic rings. The Labute approximate surface area is 187 Å². The molecule has 0 aromatic carbocycles. The smallest absolute Gasteiger partial charge is 0.412 e. The van der Waals surface area contributed by atoms with Crippen molar-refractivity contribution in [1.29, 1.82) is 0 Å². The van der Waals surface area contributed by atoms with E-state index in [0.29, 0.717) is 29.2 Å². The first-order valence-electron chi connectivity index (χ1n) is 10.5. The van der Waals surface area contributed by atoms with E-state index in [0.717, 1.165) is 18.4 Å². The predicted molar refractivity (Wildman–Crippen MR) is 122 cm³/mol. The summed E-state index contributed by atoms with van der Waals surface area (Å²) in [4.78, 5) is 32.9. The standard InChI is InChI=1S/C23H28N6O3/c1-5-6-9-17-19(21(24)30)28-29(16-8-7-12-25-14-16)20(17)18-11-10-15(13-26-18)27-22(31)32-23(2,3)4/h7-8,10-14H,5-6,9H2,1-4H3,(H2,24,30)(H,27,31). The van der Waals surface area contributed by atoms with Gasteiger partial charge in [0.05, 0.1) is 35.2 Å². The van der Waals surface area contributed by atoms with Gasteiger partial charge in [0.15, 0.2) is 5.69 Å². The van der Waals surface area contributed by atoms with E-state index in [1.54, 1.807) is 56.0 Å². The molecule has 32 heavy (non-hydrogen) atoms. The predicted octanol–water partition coefficient (Wildman–Crippen LogP) is 4.12. The van der Waals surface area contributed by atoms with Gasteiger partial charge < -0.3 is 10.5 Å². The van der Waals surface area contributed by atoms with Crippen LogP contribution < -0.4 is 11.1 Å². The van der Waals surface area contributed by atoms with Crippen molar-refractivity contribution in [3.63, 3.8) is 0 Å². The number of ether oxygens (including phenoxy) is 1. The summed E-state index contributed by atoms with van der Waals surface area (Å²) in [5.41, 5.74) is 8.43. The van der Waals surface area contributed by atoms with Gasteiger partial charge in [-0.05, 0) is 57.9 Å². The van der Waals surface area contributed by atoms with E-state index in [1.165, 1.54) is 6.20 Å². The highest BCUT2D eigenvalue weighted by atomic mass is 16.6. The molecule has 3 heterocycles. The van der Waals surface area contributed by atoms with Crippen LogP contribution in [-0.4, -0.2) is 37.3 Å². The molecule has 0 saturated carbocycles. The van der Waals surface area contributed by atoms with Gasteiger partial charge in [-0.2, -0.15) is 5.10 Å². The zero-order chi connectivity index (χ0) is 23.3. The third-order valence-corrected chi connectivity index (χ3v) is 4.54. The van der Waals surface area contributed by atoms with Crippen molar-refractivity contribution in [3.8, 4) is 17.1 Å². The zero-order valence-electron chi connectivity index (χ0n) is 18.8. The Kier molecular flexibility index (Phi) is 6.87. The number of carbonyl (C=O) groups is 2. The first-order chi connectivity index (χ1) is 15.2.